The van der Waals surface area contributed by atoms with Crippen molar-refractivity contribution in [3.8, 4) is 0 Å². The second kappa shape index (κ2) is 5.36. The van der Waals surface area contributed by atoms with E-state index in [-0.39, 0.29) is 30.1 Å². The van der Waals surface area contributed by atoms with Crippen molar-refractivity contribution in [3.63, 3.8) is 0 Å². The number of ketones is 1. The molecule has 0 radical (unpaired) electrons. The van der Waals surface area contributed by atoms with Crippen LogP contribution >= 0.6 is 0 Å². The largest absolute Gasteiger partial charge is 0.359 e. The molecule has 0 atom stereocenters. The average Bonchev–Trinajstić information content (AvgIpc) is 2.64. The van der Waals surface area contributed by atoms with Crippen molar-refractivity contribution < 1.29 is 23.2 Å². The first kappa shape index (κ1) is 14.1. The minimum Gasteiger partial charge on any atom is -0.359 e. The summed E-state index contributed by atoms with van der Waals surface area (Å²) in [5.41, 5.74) is -0.0929. The smallest absolute Gasteiger partial charge is 0.299 e. The Balaban J connectivity index is 2.20. The number of anilines is 1. The van der Waals surface area contributed by atoms with E-state index < -0.39 is 23.3 Å². The van der Waals surface area contributed by atoms with Crippen molar-refractivity contribution >= 4 is 23.3 Å². The molecule has 0 fully saturated rings. The van der Waals surface area contributed by atoms with Gasteiger partial charge in [-0.05, 0) is 12.5 Å². The van der Waals surface area contributed by atoms with Gasteiger partial charge in [-0.3, -0.25) is 14.4 Å². The first-order chi connectivity index (χ1) is 9.45. The number of nitrogens with zero attached hydrogens (tertiary/aromatic N) is 1. The minimum atomic E-state index is -1.17. The minimum absolute atomic E-state index is 0.0517. The van der Waals surface area contributed by atoms with Crippen molar-refractivity contribution in [1.82, 2.24) is 5.32 Å². The van der Waals surface area contributed by atoms with Crippen molar-refractivity contribution in [2.24, 2.45) is 0 Å². The zero-order valence-corrected chi connectivity index (χ0v) is 10.7. The van der Waals surface area contributed by atoms with Gasteiger partial charge in [0.15, 0.2) is 11.6 Å². The molecule has 2 rings (SSSR count). The van der Waals surface area contributed by atoms with Crippen LogP contribution in [0.5, 0.6) is 0 Å². The highest BCUT2D eigenvalue weighted by Gasteiger charge is 2.36. The van der Waals surface area contributed by atoms with E-state index in [0.717, 1.165) is 17.0 Å². The summed E-state index contributed by atoms with van der Waals surface area (Å²) in [6.45, 7) is 0.0933. The molecule has 1 aromatic rings. The number of fused-ring (bicyclic) bond motifs is 1. The van der Waals surface area contributed by atoms with E-state index in [1.54, 1.807) is 0 Å². The molecule has 20 heavy (non-hydrogen) atoms. The number of carbonyl (C=O) groups is 3. The molecule has 1 aliphatic heterocycles. The van der Waals surface area contributed by atoms with Gasteiger partial charge in [-0.2, -0.15) is 0 Å². The van der Waals surface area contributed by atoms with Crippen LogP contribution in [0.4, 0.5) is 14.5 Å². The van der Waals surface area contributed by atoms with Gasteiger partial charge in [0.05, 0.1) is 11.3 Å². The van der Waals surface area contributed by atoms with Crippen LogP contribution in [0.2, 0.25) is 0 Å². The zero-order valence-electron chi connectivity index (χ0n) is 10.7. The van der Waals surface area contributed by atoms with E-state index in [1.165, 1.54) is 7.05 Å². The number of hydrogen-bond donors (Lipinski definition) is 1. The summed E-state index contributed by atoms with van der Waals surface area (Å²) < 4.78 is 26.3. The van der Waals surface area contributed by atoms with Crippen LogP contribution in [0.3, 0.4) is 0 Å². The Kier molecular flexibility index (Phi) is 3.78. The number of nitrogens with one attached hydrogen (secondary N) is 1. The summed E-state index contributed by atoms with van der Waals surface area (Å²) in [6, 6.07) is 1.55. The molecule has 1 N–H and O–H groups in total. The lowest BCUT2D eigenvalue weighted by Gasteiger charge is -2.16. The van der Waals surface area contributed by atoms with Crippen LogP contribution in [-0.4, -0.2) is 31.2 Å². The van der Waals surface area contributed by atoms with Gasteiger partial charge in [0.2, 0.25) is 5.91 Å². The number of hydrogen-bond acceptors (Lipinski definition) is 3. The Morgan fingerprint density at radius 1 is 1.25 bits per heavy atom. The van der Waals surface area contributed by atoms with Gasteiger partial charge in [0.25, 0.3) is 11.7 Å². The number of benzene rings is 1. The molecule has 0 unspecified atom stereocenters. The van der Waals surface area contributed by atoms with Gasteiger partial charge in [-0.1, -0.05) is 0 Å². The molecular weight excluding hydrogens is 270 g/mol. The van der Waals surface area contributed by atoms with Gasteiger partial charge in [-0.15, -0.1) is 0 Å². The van der Waals surface area contributed by atoms with Crippen LogP contribution in [-0.2, 0) is 9.59 Å². The third-order valence-corrected chi connectivity index (χ3v) is 3.08. The van der Waals surface area contributed by atoms with Crippen LogP contribution in [0.1, 0.15) is 23.2 Å². The molecule has 0 aromatic heterocycles. The lowest BCUT2D eigenvalue weighted by molar-refractivity contribution is -0.121. The quantitative estimate of drug-likeness (QED) is 0.838. The van der Waals surface area contributed by atoms with E-state index in [0.29, 0.717) is 6.42 Å². The monoisotopic (exact) mass is 282 g/mol. The Hall–Kier alpha value is -2.31. The topological polar surface area (TPSA) is 66.5 Å². The van der Waals surface area contributed by atoms with E-state index in [2.05, 4.69) is 5.32 Å². The lowest BCUT2D eigenvalue weighted by Crippen LogP contribution is -2.31. The van der Waals surface area contributed by atoms with Crippen LogP contribution in [0, 0.1) is 11.6 Å². The number of Topliss-reactive ketones (excluding diaryl/α,β-unsaturated/α-hetero) is 1. The maximum absolute atomic E-state index is 13.2. The summed E-state index contributed by atoms with van der Waals surface area (Å²) >= 11 is 0. The molecule has 0 saturated heterocycles. The maximum Gasteiger partial charge on any atom is 0.299 e. The van der Waals surface area contributed by atoms with E-state index in [9.17, 15) is 23.2 Å². The van der Waals surface area contributed by atoms with Gasteiger partial charge < -0.3 is 10.2 Å². The number of halogens is 2. The van der Waals surface area contributed by atoms with Gasteiger partial charge in [0, 0.05) is 26.1 Å². The Labute approximate surface area is 113 Å². The fourth-order valence-corrected chi connectivity index (χ4v) is 2.03. The van der Waals surface area contributed by atoms with Gasteiger partial charge in [-0.25, -0.2) is 8.78 Å². The Bertz CT molecular complexity index is 602. The summed E-state index contributed by atoms with van der Waals surface area (Å²) in [7, 11) is 1.49. The van der Waals surface area contributed by atoms with E-state index in [4.69, 9.17) is 0 Å². The number of carbonyl (C=O) groups excluding carboxylic acids is 3. The fraction of sp³-hybridized carbons (Fsp3) is 0.308. The van der Waals surface area contributed by atoms with Crippen molar-refractivity contribution in [3.05, 3.63) is 29.3 Å². The summed E-state index contributed by atoms with van der Waals surface area (Å²) in [6.07, 6.45) is 0.491. The van der Waals surface area contributed by atoms with Crippen molar-refractivity contribution in [2.75, 3.05) is 18.5 Å². The standard InChI is InChI=1S/C13H12F2N2O3/c1-16-11(18)3-2-4-17-10-6-9(15)8(14)5-7(10)12(19)13(17)20/h5-6H,2-4H2,1H3,(H,16,18). The van der Waals surface area contributed by atoms with Crippen molar-refractivity contribution in [2.45, 2.75) is 12.8 Å². The van der Waals surface area contributed by atoms with E-state index >= 15 is 0 Å². The van der Waals surface area contributed by atoms with Crippen LogP contribution in [0.25, 0.3) is 0 Å². The molecule has 1 heterocycles. The first-order valence-corrected chi connectivity index (χ1v) is 6.01. The molecule has 0 aliphatic carbocycles. The normalized spacial score (nSPS) is 13.7. The summed E-state index contributed by atoms with van der Waals surface area (Å²) in [4.78, 5) is 35.6. The molecular formula is C13H12F2N2O3. The van der Waals surface area contributed by atoms with E-state index in [1.807, 2.05) is 0 Å². The molecule has 2 amide bonds. The average molecular weight is 282 g/mol. The molecule has 1 aliphatic rings. The summed E-state index contributed by atoms with van der Waals surface area (Å²) in [5, 5.41) is 2.43. The van der Waals surface area contributed by atoms with Crippen LogP contribution in [0.15, 0.2) is 12.1 Å². The lowest BCUT2D eigenvalue weighted by atomic mass is 10.1. The molecule has 5 nitrogen and oxygen atoms in total. The molecule has 0 spiro atoms. The molecule has 1 aromatic carbocycles. The number of amides is 2. The summed E-state index contributed by atoms with van der Waals surface area (Å²) in [5.74, 6) is -4.19. The second-order valence-electron chi connectivity index (χ2n) is 4.35. The van der Waals surface area contributed by atoms with Gasteiger partial charge in [0.1, 0.15) is 0 Å². The predicted octanol–water partition coefficient (Wildman–Crippen LogP) is 1.02. The Morgan fingerprint density at radius 3 is 2.55 bits per heavy atom. The molecule has 106 valence electrons. The highest BCUT2D eigenvalue weighted by molar-refractivity contribution is 6.52. The fourth-order valence-electron chi connectivity index (χ4n) is 2.03. The third kappa shape index (κ3) is 2.38. The maximum atomic E-state index is 13.2. The Morgan fingerprint density at radius 2 is 1.90 bits per heavy atom. The van der Waals surface area contributed by atoms with Crippen LogP contribution < -0.4 is 10.2 Å². The highest BCUT2D eigenvalue weighted by Crippen LogP contribution is 2.31. The van der Waals surface area contributed by atoms with Gasteiger partial charge >= 0.3 is 0 Å². The highest BCUT2D eigenvalue weighted by atomic mass is 19.2. The number of rotatable bonds is 4. The SMILES string of the molecule is CNC(=O)CCCN1C(=O)C(=O)c2cc(F)c(F)cc21. The third-order valence-electron chi connectivity index (χ3n) is 3.08. The first-order valence-electron chi connectivity index (χ1n) is 6.01. The molecule has 7 heteroatoms. The second-order valence-corrected chi connectivity index (χ2v) is 4.35. The molecule has 0 bridgehead atoms. The zero-order chi connectivity index (χ0) is 14.9. The molecule has 0 saturated carbocycles. The van der Waals surface area contributed by atoms with Crippen molar-refractivity contribution in [1.29, 1.82) is 0 Å². The predicted molar refractivity (Wildman–Crippen MR) is 66.3 cm³/mol.